The summed E-state index contributed by atoms with van der Waals surface area (Å²) in [6.07, 6.45) is 0. The van der Waals surface area contributed by atoms with Crippen LogP contribution in [0.2, 0.25) is 0 Å². The van der Waals surface area contributed by atoms with Crippen LogP contribution in [-0.2, 0) is 4.79 Å². The van der Waals surface area contributed by atoms with Gasteiger partial charge in [0, 0.05) is 10.5 Å². The Morgan fingerprint density at radius 1 is 1.09 bits per heavy atom. The minimum atomic E-state index is -0.857. The van der Waals surface area contributed by atoms with Gasteiger partial charge in [-0.2, -0.15) is 0 Å². The van der Waals surface area contributed by atoms with E-state index in [9.17, 15) is 18.7 Å². The highest BCUT2D eigenvalue weighted by Crippen LogP contribution is 2.35. The van der Waals surface area contributed by atoms with Crippen LogP contribution in [-0.4, -0.2) is 31.5 Å². The molecule has 2 N–H and O–H groups in total. The van der Waals surface area contributed by atoms with E-state index in [1.54, 1.807) is 22.8 Å². The van der Waals surface area contributed by atoms with Crippen LogP contribution in [0.5, 0.6) is 5.75 Å². The summed E-state index contributed by atoms with van der Waals surface area (Å²) >= 11 is 4.52. The number of hydrogen-bond donors (Lipinski definition) is 2. The fraction of sp³-hybridized carbons (Fsp3) is 0.125. The number of carbonyl (C=O) groups excluding carboxylic acids is 1. The van der Waals surface area contributed by atoms with E-state index in [4.69, 9.17) is 0 Å². The fourth-order valence-corrected chi connectivity index (χ4v) is 4.51. The van der Waals surface area contributed by atoms with Gasteiger partial charge in [-0.15, -0.1) is 10.2 Å². The number of halogens is 3. The molecule has 0 bridgehead atoms. The number of amides is 1. The number of anilines is 1. The molecule has 0 spiro atoms. The monoisotopic (exact) mass is 544 g/mol. The number of hydrogen-bond acceptors (Lipinski definition) is 5. The fourth-order valence-electron chi connectivity index (χ4n) is 3.41. The van der Waals surface area contributed by atoms with E-state index in [1.807, 2.05) is 32.0 Å². The summed E-state index contributed by atoms with van der Waals surface area (Å²) in [5, 5.41) is 21.9. The third-order valence-electron chi connectivity index (χ3n) is 4.96. The van der Waals surface area contributed by atoms with Crippen molar-refractivity contribution in [2.45, 2.75) is 19.0 Å². The molecular formula is C24H19BrF2N4O2S. The summed E-state index contributed by atoms with van der Waals surface area (Å²) in [5.74, 6) is -1.73. The molecule has 1 amide bonds. The molecule has 4 aromatic rings. The van der Waals surface area contributed by atoms with Crippen LogP contribution in [0.4, 0.5) is 14.5 Å². The molecule has 0 atom stereocenters. The lowest BCUT2D eigenvalue weighted by Gasteiger charge is -2.14. The number of thioether (sulfide) groups is 1. The molecule has 1 aromatic heterocycles. The molecule has 0 radical (unpaired) electrons. The van der Waals surface area contributed by atoms with Gasteiger partial charge in [0.15, 0.2) is 11.0 Å². The lowest BCUT2D eigenvalue weighted by Crippen LogP contribution is -2.15. The van der Waals surface area contributed by atoms with E-state index in [-0.39, 0.29) is 17.2 Å². The summed E-state index contributed by atoms with van der Waals surface area (Å²) in [5.41, 5.74) is 3.18. The largest absolute Gasteiger partial charge is 0.507 e. The van der Waals surface area contributed by atoms with E-state index in [1.165, 1.54) is 6.07 Å². The van der Waals surface area contributed by atoms with Crippen LogP contribution in [0.3, 0.4) is 0 Å². The molecule has 0 aliphatic carbocycles. The molecule has 10 heteroatoms. The molecule has 0 fully saturated rings. The van der Waals surface area contributed by atoms with E-state index >= 15 is 0 Å². The molecule has 0 saturated carbocycles. The van der Waals surface area contributed by atoms with Crippen molar-refractivity contribution < 1.29 is 18.7 Å². The van der Waals surface area contributed by atoms with Gasteiger partial charge >= 0.3 is 0 Å². The summed E-state index contributed by atoms with van der Waals surface area (Å²) in [6, 6.07) is 13.8. The van der Waals surface area contributed by atoms with Crippen LogP contribution in [0.1, 0.15) is 11.1 Å². The Bertz CT molecular complexity index is 1390. The molecule has 3 aromatic carbocycles. The van der Waals surface area contributed by atoms with Crippen LogP contribution >= 0.6 is 27.7 Å². The van der Waals surface area contributed by atoms with Gasteiger partial charge in [0.05, 0.1) is 22.7 Å². The summed E-state index contributed by atoms with van der Waals surface area (Å²) in [7, 11) is 0. The Morgan fingerprint density at radius 2 is 1.88 bits per heavy atom. The second-order valence-corrected chi connectivity index (χ2v) is 9.41. The molecule has 0 aliphatic heterocycles. The van der Waals surface area contributed by atoms with Gasteiger partial charge in [-0.25, -0.2) is 8.78 Å². The lowest BCUT2D eigenvalue weighted by molar-refractivity contribution is -0.113. The van der Waals surface area contributed by atoms with E-state index in [2.05, 4.69) is 31.4 Å². The van der Waals surface area contributed by atoms with Crippen molar-refractivity contribution in [1.82, 2.24) is 14.8 Å². The highest BCUT2D eigenvalue weighted by atomic mass is 79.9. The standard InChI is InChI=1S/C24H19BrF2N4O2S/c1-13-3-7-20(14(2)9-13)31-23(17-10-15(25)4-8-21(17)32)29-30-24(31)34-12-22(33)28-19-6-5-16(26)11-18(19)27/h3-11,32H,12H2,1-2H3,(H,28,33). The van der Waals surface area contributed by atoms with Crippen molar-refractivity contribution in [3.8, 4) is 22.8 Å². The zero-order valence-corrected chi connectivity index (χ0v) is 20.5. The molecule has 174 valence electrons. The Kier molecular flexibility index (Phi) is 6.99. The first kappa shape index (κ1) is 23.9. The van der Waals surface area contributed by atoms with Crippen LogP contribution in [0.25, 0.3) is 17.1 Å². The van der Waals surface area contributed by atoms with Crippen molar-refractivity contribution >= 4 is 39.3 Å². The minimum Gasteiger partial charge on any atom is -0.507 e. The number of aromatic hydroxyl groups is 1. The number of nitrogens with zero attached hydrogens (tertiary/aromatic N) is 3. The first-order chi connectivity index (χ1) is 16.2. The number of aryl methyl sites for hydroxylation is 2. The van der Waals surface area contributed by atoms with Gasteiger partial charge in [-0.05, 0) is 55.8 Å². The third-order valence-corrected chi connectivity index (χ3v) is 6.39. The Hall–Kier alpha value is -3.24. The van der Waals surface area contributed by atoms with Gasteiger partial charge in [0.1, 0.15) is 17.4 Å². The maximum absolute atomic E-state index is 13.9. The number of benzene rings is 3. The summed E-state index contributed by atoms with van der Waals surface area (Å²) < 4.78 is 29.5. The molecule has 1 heterocycles. The zero-order valence-electron chi connectivity index (χ0n) is 18.1. The highest BCUT2D eigenvalue weighted by Gasteiger charge is 2.21. The normalized spacial score (nSPS) is 11.0. The Morgan fingerprint density at radius 3 is 2.62 bits per heavy atom. The van der Waals surface area contributed by atoms with Crippen molar-refractivity contribution in [2.75, 3.05) is 11.1 Å². The van der Waals surface area contributed by atoms with Gasteiger partial charge in [-0.3, -0.25) is 9.36 Å². The molecule has 0 saturated heterocycles. The van der Waals surface area contributed by atoms with Crippen LogP contribution < -0.4 is 5.32 Å². The van der Waals surface area contributed by atoms with Crippen LogP contribution in [0, 0.1) is 25.5 Å². The van der Waals surface area contributed by atoms with Gasteiger partial charge in [-0.1, -0.05) is 45.4 Å². The summed E-state index contributed by atoms with van der Waals surface area (Å²) in [6.45, 7) is 3.93. The number of phenolic OH excluding ortho intramolecular Hbond substituents is 1. The van der Waals surface area contributed by atoms with Gasteiger partial charge < -0.3 is 10.4 Å². The summed E-state index contributed by atoms with van der Waals surface area (Å²) in [4.78, 5) is 12.5. The molecular weight excluding hydrogens is 526 g/mol. The van der Waals surface area contributed by atoms with Crippen molar-refractivity contribution in [1.29, 1.82) is 0 Å². The van der Waals surface area contributed by atoms with Crippen molar-refractivity contribution in [2.24, 2.45) is 0 Å². The van der Waals surface area contributed by atoms with Gasteiger partial charge in [0.2, 0.25) is 5.91 Å². The lowest BCUT2D eigenvalue weighted by atomic mass is 10.1. The van der Waals surface area contributed by atoms with E-state index in [0.717, 1.165) is 39.1 Å². The number of rotatable bonds is 6. The predicted molar refractivity (Wildman–Crippen MR) is 131 cm³/mol. The molecule has 0 aliphatic rings. The second kappa shape index (κ2) is 9.94. The molecule has 6 nitrogen and oxygen atoms in total. The first-order valence-electron chi connectivity index (χ1n) is 10.1. The average Bonchev–Trinajstić information content (AvgIpc) is 3.19. The molecule has 34 heavy (non-hydrogen) atoms. The van der Waals surface area contributed by atoms with Crippen molar-refractivity contribution in [3.05, 3.63) is 81.8 Å². The zero-order chi connectivity index (χ0) is 24.4. The second-order valence-electron chi connectivity index (χ2n) is 7.55. The average molecular weight is 545 g/mol. The Balaban J connectivity index is 1.68. The minimum absolute atomic E-state index is 0.0303. The SMILES string of the molecule is Cc1ccc(-n2c(SCC(=O)Nc3ccc(F)cc3F)nnc2-c2cc(Br)ccc2O)c(C)c1. The van der Waals surface area contributed by atoms with E-state index < -0.39 is 17.5 Å². The van der Waals surface area contributed by atoms with Gasteiger partial charge in [0.25, 0.3) is 0 Å². The predicted octanol–water partition coefficient (Wildman–Crippen LogP) is 6.03. The maximum Gasteiger partial charge on any atom is 0.234 e. The molecule has 4 rings (SSSR count). The topological polar surface area (TPSA) is 80.0 Å². The number of phenols is 1. The highest BCUT2D eigenvalue weighted by molar-refractivity contribution is 9.10. The smallest absolute Gasteiger partial charge is 0.234 e. The van der Waals surface area contributed by atoms with Crippen molar-refractivity contribution in [3.63, 3.8) is 0 Å². The number of nitrogens with one attached hydrogen (secondary N) is 1. The molecule has 0 unspecified atom stereocenters. The first-order valence-corrected chi connectivity index (χ1v) is 11.9. The third kappa shape index (κ3) is 5.13. The van der Waals surface area contributed by atoms with E-state index in [0.29, 0.717) is 22.6 Å². The number of carbonyl (C=O) groups is 1. The maximum atomic E-state index is 13.9. The van der Waals surface area contributed by atoms with Crippen LogP contribution in [0.15, 0.2) is 64.2 Å². The quantitative estimate of drug-likeness (QED) is 0.290. The Labute approximate surface area is 207 Å². The number of aromatic nitrogens is 3.